The summed E-state index contributed by atoms with van der Waals surface area (Å²) < 4.78 is 1.68. The minimum Gasteiger partial charge on any atom is -0.341 e. The molecule has 1 unspecified atom stereocenters. The Hall–Kier alpha value is -3.48. The number of likely N-dealkylation sites (tertiary alicyclic amines) is 1. The maximum absolute atomic E-state index is 12.8. The molecular weight excluding hydrogens is 404 g/mol. The summed E-state index contributed by atoms with van der Waals surface area (Å²) >= 11 is 0. The summed E-state index contributed by atoms with van der Waals surface area (Å²) in [7, 11) is 0. The largest absolute Gasteiger partial charge is 0.341 e. The van der Waals surface area contributed by atoms with Crippen LogP contribution in [-0.4, -0.2) is 45.4 Å². The fourth-order valence-electron chi connectivity index (χ4n) is 4.17. The molecule has 0 radical (unpaired) electrons. The lowest BCUT2D eigenvalue weighted by Crippen LogP contribution is -2.48. The number of fused-ring (bicyclic) bond motifs is 1. The SMILES string of the molecule is Cc1nc2cc(C(=O)NC(C)C(=O)N3CCCCC3)ccc2n(Cc2ccccc2)c1=O. The van der Waals surface area contributed by atoms with Gasteiger partial charge in [-0.25, -0.2) is 4.98 Å². The Kier molecular flexibility index (Phi) is 6.35. The summed E-state index contributed by atoms with van der Waals surface area (Å²) in [5.74, 6) is -0.380. The summed E-state index contributed by atoms with van der Waals surface area (Å²) in [6, 6.07) is 14.2. The predicted octanol–water partition coefficient (Wildman–Crippen LogP) is 2.88. The lowest BCUT2D eigenvalue weighted by atomic mass is 10.1. The molecule has 1 saturated heterocycles. The molecule has 0 saturated carbocycles. The van der Waals surface area contributed by atoms with Crippen LogP contribution in [-0.2, 0) is 11.3 Å². The van der Waals surface area contributed by atoms with Gasteiger partial charge in [0.15, 0.2) is 0 Å². The third-order valence-electron chi connectivity index (χ3n) is 5.94. The molecule has 32 heavy (non-hydrogen) atoms. The average molecular weight is 433 g/mol. The highest BCUT2D eigenvalue weighted by molar-refractivity contribution is 5.99. The molecule has 7 nitrogen and oxygen atoms in total. The predicted molar refractivity (Wildman–Crippen MR) is 124 cm³/mol. The minimum atomic E-state index is -0.599. The van der Waals surface area contributed by atoms with Gasteiger partial charge in [-0.15, -0.1) is 0 Å². The van der Waals surface area contributed by atoms with Crippen LogP contribution in [0.3, 0.4) is 0 Å². The zero-order valence-corrected chi connectivity index (χ0v) is 18.5. The van der Waals surface area contributed by atoms with Crippen molar-refractivity contribution in [3.8, 4) is 0 Å². The van der Waals surface area contributed by atoms with E-state index >= 15 is 0 Å². The number of nitrogens with one attached hydrogen (secondary N) is 1. The van der Waals surface area contributed by atoms with Crippen molar-refractivity contribution in [3.05, 3.63) is 75.7 Å². The smallest absolute Gasteiger partial charge is 0.272 e. The Morgan fingerprint density at radius 1 is 1.06 bits per heavy atom. The molecule has 1 atom stereocenters. The molecule has 3 aromatic rings. The number of piperidine rings is 1. The fraction of sp³-hybridized carbons (Fsp3) is 0.360. The number of carbonyl (C=O) groups excluding carboxylic acids is 2. The summed E-state index contributed by atoms with van der Waals surface area (Å²) in [4.78, 5) is 44.5. The van der Waals surface area contributed by atoms with Crippen molar-refractivity contribution in [3.63, 3.8) is 0 Å². The zero-order valence-electron chi connectivity index (χ0n) is 18.5. The van der Waals surface area contributed by atoms with Crippen LogP contribution < -0.4 is 10.9 Å². The first-order chi connectivity index (χ1) is 15.4. The molecule has 1 N–H and O–H groups in total. The molecular formula is C25H28N4O3. The first-order valence-electron chi connectivity index (χ1n) is 11.1. The van der Waals surface area contributed by atoms with Crippen LogP contribution in [0, 0.1) is 6.92 Å². The number of hydrogen-bond donors (Lipinski definition) is 1. The minimum absolute atomic E-state index is 0.0514. The molecule has 0 aliphatic carbocycles. The van der Waals surface area contributed by atoms with Crippen molar-refractivity contribution >= 4 is 22.8 Å². The van der Waals surface area contributed by atoms with Crippen LogP contribution in [0.15, 0.2) is 53.3 Å². The molecule has 1 fully saturated rings. The zero-order chi connectivity index (χ0) is 22.7. The van der Waals surface area contributed by atoms with Gasteiger partial charge in [0.05, 0.1) is 17.6 Å². The van der Waals surface area contributed by atoms with Gasteiger partial charge in [0.1, 0.15) is 11.7 Å². The lowest BCUT2D eigenvalue weighted by molar-refractivity contribution is -0.133. The third-order valence-corrected chi connectivity index (χ3v) is 5.94. The van der Waals surface area contributed by atoms with E-state index in [1.807, 2.05) is 35.2 Å². The maximum Gasteiger partial charge on any atom is 0.272 e. The Morgan fingerprint density at radius 2 is 1.78 bits per heavy atom. The van der Waals surface area contributed by atoms with Crippen LogP contribution in [0.1, 0.15) is 47.8 Å². The van der Waals surface area contributed by atoms with Crippen molar-refractivity contribution in [2.75, 3.05) is 13.1 Å². The highest BCUT2D eigenvalue weighted by Gasteiger charge is 2.24. The second-order valence-electron chi connectivity index (χ2n) is 8.36. The van der Waals surface area contributed by atoms with Crippen molar-refractivity contribution in [1.29, 1.82) is 0 Å². The number of benzene rings is 2. The molecule has 2 amide bonds. The van der Waals surface area contributed by atoms with Gasteiger partial charge >= 0.3 is 0 Å². The van der Waals surface area contributed by atoms with Crippen LogP contribution in [0.25, 0.3) is 11.0 Å². The third kappa shape index (κ3) is 4.56. The molecule has 1 aliphatic heterocycles. The number of aromatic nitrogens is 2. The van der Waals surface area contributed by atoms with Crippen molar-refractivity contribution in [2.24, 2.45) is 0 Å². The molecule has 0 spiro atoms. The molecule has 1 aromatic heterocycles. The summed E-state index contributed by atoms with van der Waals surface area (Å²) in [5, 5.41) is 2.81. The molecule has 2 aromatic carbocycles. The summed E-state index contributed by atoms with van der Waals surface area (Å²) in [5.41, 5.74) is 2.87. The van der Waals surface area contributed by atoms with E-state index in [2.05, 4.69) is 10.3 Å². The van der Waals surface area contributed by atoms with Gasteiger partial charge in [-0.2, -0.15) is 0 Å². The molecule has 4 rings (SSSR count). The molecule has 1 aliphatic rings. The van der Waals surface area contributed by atoms with E-state index in [1.165, 1.54) is 0 Å². The average Bonchev–Trinajstić information content (AvgIpc) is 2.82. The van der Waals surface area contributed by atoms with Gasteiger partial charge in [0.2, 0.25) is 5.91 Å². The Bertz CT molecular complexity index is 1200. The standard InChI is InChI=1S/C25H28N4O3/c1-17(24(31)28-13-7-4-8-14-28)27-23(30)20-11-12-22-21(15-20)26-18(2)25(32)29(22)16-19-9-5-3-6-10-19/h3,5-6,9-12,15,17H,4,7-8,13-14,16H2,1-2H3,(H,27,30). The topological polar surface area (TPSA) is 84.3 Å². The van der Waals surface area contributed by atoms with Crippen LogP contribution in [0.5, 0.6) is 0 Å². The van der Waals surface area contributed by atoms with Gasteiger partial charge in [-0.05, 0) is 56.9 Å². The van der Waals surface area contributed by atoms with E-state index in [-0.39, 0.29) is 17.4 Å². The van der Waals surface area contributed by atoms with Gasteiger partial charge in [-0.1, -0.05) is 30.3 Å². The fourth-order valence-corrected chi connectivity index (χ4v) is 4.17. The first kappa shape index (κ1) is 21.7. The number of nitrogens with zero attached hydrogens (tertiary/aromatic N) is 3. The Labute approximate surface area is 187 Å². The Balaban J connectivity index is 1.57. The van der Waals surface area contributed by atoms with E-state index in [0.29, 0.717) is 28.8 Å². The number of rotatable bonds is 5. The van der Waals surface area contributed by atoms with Gasteiger partial charge in [0, 0.05) is 18.7 Å². The van der Waals surface area contributed by atoms with Gasteiger partial charge in [-0.3, -0.25) is 14.4 Å². The first-order valence-corrected chi connectivity index (χ1v) is 11.1. The van der Waals surface area contributed by atoms with E-state index in [4.69, 9.17) is 0 Å². The van der Waals surface area contributed by atoms with Gasteiger partial charge < -0.3 is 14.8 Å². The monoisotopic (exact) mass is 432 g/mol. The highest BCUT2D eigenvalue weighted by atomic mass is 16.2. The maximum atomic E-state index is 12.8. The quantitative estimate of drug-likeness (QED) is 0.672. The number of amides is 2. The van der Waals surface area contributed by atoms with Crippen LogP contribution in [0.2, 0.25) is 0 Å². The van der Waals surface area contributed by atoms with Crippen LogP contribution >= 0.6 is 0 Å². The van der Waals surface area contributed by atoms with E-state index in [0.717, 1.165) is 37.9 Å². The molecule has 7 heteroatoms. The summed E-state index contributed by atoms with van der Waals surface area (Å²) in [6.45, 7) is 5.31. The van der Waals surface area contributed by atoms with E-state index < -0.39 is 6.04 Å². The summed E-state index contributed by atoms with van der Waals surface area (Å²) in [6.07, 6.45) is 3.16. The number of aryl methyl sites for hydroxylation is 1. The second-order valence-corrected chi connectivity index (χ2v) is 8.36. The second kappa shape index (κ2) is 9.34. The van der Waals surface area contributed by atoms with Crippen molar-refractivity contribution in [1.82, 2.24) is 19.8 Å². The Morgan fingerprint density at radius 3 is 2.50 bits per heavy atom. The molecule has 0 bridgehead atoms. The van der Waals surface area contributed by atoms with Crippen molar-refractivity contribution in [2.45, 2.75) is 45.7 Å². The van der Waals surface area contributed by atoms with E-state index in [1.54, 1.807) is 36.6 Å². The molecule has 166 valence electrons. The van der Waals surface area contributed by atoms with E-state index in [9.17, 15) is 14.4 Å². The van der Waals surface area contributed by atoms with Crippen LogP contribution in [0.4, 0.5) is 0 Å². The van der Waals surface area contributed by atoms with Crippen molar-refractivity contribution < 1.29 is 9.59 Å². The number of carbonyl (C=O) groups is 2. The number of hydrogen-bond acceptors (Lipinski definition) is 4. The molecule has 2 heterocycles. The van der Waals surface area contributed by atoms with Gasteiger partial charge in [0.25, 0.3) is 11.5 Å². The highest BCUT2D eigenvalue weighted by Crippen LogP contribution is 2.16. The normalized spacial score (nSPS) is 14.9. The lowest BCUT2D eigenvalue weighted by Gasteiger charge is -2.29.